The van der Waals surface area contributed by atoms with Gasteiger partial charge in [-0.25, -0.2) is 13.2 Å². The Hall–Kier alpha value is -1.93. The predicted molar refractivity (Wildman–Crippen MR) is 88.1 cm³/mol. The number of amides is 1. The van der Waals surface area contributed by atoms with Crippen LogP contribution in [0.15, 0.2) is 18.2 Å². The van der Waals surface area contributed by atoms with E-state index in [9.17, 15) is 18.0 Å². The lowest BCUT2D eigenvalue weighted by molar-refractivity contribution is 0.0624. The second-order valence-electron chi connectivity index (χ2n) is 5.94. The predicted octanol–water partition coefficient (Wildman–Crippen LogP) is 0.969. The maximum absolute atomic E-state index is 12.9. The van der Waals surface area contributed by atoms with Gasteiger partial charge in [0, 0.05) is 25.3 Å². The van der Waals surface area contributed by atoms with E-state index in [2.05, 4.69) is 0 Å². The molecule has 8 heteroatoms. The fourth-order valence-electron chi connectivity index (χ4n) is 2.86. The third-order valence-corrected chi connectivity index (χ3v) is 5.77. The van der Waals surface area contributed by atoms with Crippen LogP contribution in [-0.2, 0) is 14.6 Å². The van der Waals surface area contributed by atoms with Crippen LogP contribution in [0.4, 0.5) is 0 Å². The highest BCUT2D eigenvalue weighted by Gasteiger charge is 2.35. The number of benzene rings is 1. The molecule has 2 rings (SSSR count). The lowest BCUT2D eigenvalue weighted by Gasteiger charge is -2.28. The summed E-state index contributed by atoms with van der Waals surface area (Å²) in [7, 11) is -1.64. The monoisotopic (exact) mass is 355 g/mol. The Labute approximate surface area is 141 Å². The summed E-state index contributed by atoms with van der Waals surface area (Å²) in [6, 6.07) is 4.00. The van der Waals surface area contributed by atoms with Gasteiger partial charge >= 0.3 is 5.97 Å². The molecule has 1 atom stereocenters. The van der Waals surface area contributed by atoms with E-state index < -0.39 is 21.8 Å². The van der Waals surface area contributed by atoms with Gasteiger partial charge in [0.15, 0.2) is 9.84 Å². The van der Waals surface area contributed by atoms with Crippen LogP contribution in [0.5, 0.6) is 0 Å². The van der Waals surface area contributed by atoms with Gasteiger partial charge in [-0.1, -0.05) is 0 Å². The zero-order valence-electron chi connectivity index (χ0n) is 13.7. The molecule has 1 fully saturated rings. The molecule has 24 heavy (non-hydrogen) atoms. The lowest BCUT2D eigenvalue weighted by atomic mass is 10.0. The smallest absolute Gasteiger partial charge is 0.335 e. The molecule has 132 valence electrons. The molecule has 1 saturated heterocycles. The molecule has 1 aliphatic heterocycles. The number of hydrogen-bond acceptors (Lipinski definition) is 5. The van der Waals surface area contributed by atoms with E-state index >= 15 is 0 Å². The summed E-state index contributed by atoms with van der Waals surface area (Å²) < 4.78 is 28.5. The van der Waals surface area contributed by atoms with Crippen molar-refractivity contribution in [3.8, 4) is 0 Å². The minimum atomic E-state index is -3.14. The van der Waals surface area contributed by atoms with E-state index in [1.165, 1.54) is 24.1 Å². The molecule has 1 heterocycles. The Morgan fingerprint density at radius 1 is 1.29 bits per heavy atom. The quantitative estimate of drug-likeness (QED) is 0.816. The second kappa shape index (κ2) is 7.31. The highest BCUT2D eigenvalue weighted by Crippen LogP contribution is 2.21. The summed E-state index contributed by atoms with van der Waals surface area (Å²) in [6.07, 6.45) is 0.384. The molecule has 0 aliphatic carbocycles. The number of rotatable bonds is 6. The minimum absolute atomic E-state index is 0.0316. The average molecular weight is 355 g/mol. The van der Waals surface area contributed by atoms with Crippen molar-refractivity contribution in [1.82, 2.24) is 4.90 Å². The summed E-state index contributed by atoms with van der Waals surface area (Å²) in [6.45, 7) is 2.24. The Bertz CT molecular complexity index is 743. The standard InChI is InChI=1S/C16H21NO6S/c1-11-7-12(9-13(8-11)16(19)20)15(18)17(4-5-23-2)14-3-6-24(21,22)10-14/h7-9,14H,3-6,10H2,1-2H3,(H,19,20). The Balaban J connectivity index is 2.32. The maximum Gasteiger partial charge on any atom is 0.335 e. The molecule has 0 radical (unpaired) electrons. The number of aromatic carboxylic acids is 1. The van der Waals surface area contributed by atoms with E-state index in [1.54, 1.807) is 13.0 Å². The summed E-state index contributed by atoms with van der Waals surface area (Å²) in [5.74, 6) is -1.50. The van der Waals surface area contributed by atoms with Crippen molar-refractivity contribution in [2.45, 2.75) is 19.4 Å². The third-order valence-electron chi connectivity index (χ3n) is 4.02. The largest absolute Gasteiger partial charge is 0.478 e. The van der Waals surface area contributed by atoms with E-state index in [0.29, 0.717) is 12.0 Å². The highest BCUT2D eigenvalue weighted by molar-refractivity contribution is 7.91. The molecule has 0 bridgehead atoms. The molecule has 1 aliphatic rings. The molecular weight excluding hydrogens is 334 g/mol. The summed E-state index contributed by atoms with van der Waals surface area (Å²) >= 11 is 0. The summed E-state index contributed by atoms with van der Waals surface area (Å²) in [5.41, 5.74) is 0.931. The van der Waals surface area contributed by atoms with Gasteiger partial charge in [0.1, 0.15) is 0 Å². The van der Waals surface area contributed by atoms with Crippen LogP contribution in [0.3, 0.4) is 0 Å². The van der Waals surface area contributed by atoms with Crippen LogP contribution >= 0.6 is 0 Å². The fraction of sp³-hybridized carbons (Fsp3) is 0.500. The van der Waals surface area contributed by atoms with Crippen LogP contribution < -0.4 is 0 Å². The first kappa shape index (κ1) is 18.4. The van der Waals surface area contributed by atoms with Crippen LogP contribution in [0.1, 0.15) is 32.7 Å². The molecule has 1 amide bonds. The Morgan fingerprint density at radius 2 is 1.96 bits per heavy atom. The van der Waals surface area contributed by atoms with Gasteiger partial charge in [-0.15, -0.1) is 0 Å². The van der Waals surface area contributed by atoms with Crippen LogP contribution in [0, 0.1) is 6.92 Å². The normalized spacial score (nSPS) is 19.2. The average Bonchev–Trinajstić information content (AvgIpc) is 2.86. The van der Waals surface area contributed by atoms with Crippen molar-refractivity contribution in [2.24, 2.45) is 0 Å². The van der Waals surface area contributed by atoms with Gasteiger partial charge in [0.2, 0.25) is 0 Å². The minimum Gasteiger partial charge on any atom is -0.478 e. The van der Waals surface area contributed by atoms with Crippen LogP contribution in [0.2, 0.25) is 0 Å². The van der Waals surface area contributed by atoms with Crippen LogP contribution in [-0.4, -0.2) is 68.1 Å². The van der Waals surface area contributed by atoms with Crippen molar-refractivity contribution < 1.29 is 27.9 Å². The number of carbonyl (C=O) groups is 2. The summed E-state index contributed by atoms with van der Waals surface area (Å²) in [5, 5.41) is 9.15. The third kappa shape index (κ3) is 4.33. The van der Waals surface area contributed by atoms with Gasteiger partial charge in [-0.2, -0.15) is 0 Å². The fourth-order valence-corrected chi connectivity index (χ4v) is 4.59. The first-order chi connectivity index (χ1) is 11.2. The first-order valence-electron chi connectivity index (χ1n) is 7.59. The number of methoxy groups -OCH3 is 1. The van der Waals surface area contributed by atoms with Gasteiger partial charge in [0.05, 0.1) is 23.7 Å². The maximum atomic E-state index is 12.9. The number of hydrogen-bond donors (Lipinski definition) is 1. The van der Waals surface area contributed by atoms with Crippen molar-refractivity contribution in [2.75, 3.05) is 31.8 Å². The van der Waals surface area contributed by atoms with E-state index in [-0.39, 0.29) is 41.7 Å². The zero-order valence-corrected chi connectivity index (χ0v) is 14.5. The van der Waals surface area contributed by atoms with E-state index in [4.69, 9.17) is 9.84 Å². The molecular formula is C16H21NO6S. The molecule has 0 aromatic heterocycles. The first-order valence-corrected chi connectivity index (χ1v) is 9.41. The van der Waals surface area contributed by atoms with Gasteiger partial charge in [-0.3, -0.25) is 4.79 Å². The molecule has 1 N–H and O–H groups in total. The lowest BCUT2D eigenvalue weighted by Crippen LogP contribution is -2.43. The number of sulfone groups is 1. The number of aryl methyl sites for hydroxylation is 1. The van der Waals surface area contributed by atoms with E-state index in [0.717, 1.165) is 0 Å². The Kier molecular flexibility index (Phi) is 5.61. The topological polar surface area (TPSA) is 101 Å². The highest BCUT2D eigenvalue weighted by atomic mass is 32.2. The van der Waals surface area contributed by atoms with Gasteiger partial charge < -0.3 is 14.7 Å². The van der Waals surface area contributed by atoms with Crippen molar-refractivity contribution >= 4 is 21.7 Å². The zero-order chi connectivity index (χ0) is 17.9. The van der Waals surface area contributed by atoms with Gasteiger partial charge in [-0.05, 0) is 37.1 Å². The Morgan fingerprint density at radius 3 is 2.50 bits per heavy atom. The number of ether oxygens (including phenoxy) is 1. The van der Waals surface area contributed by atoms with Crippen LogP contribution in [0.25, 0.3) is 0 Å². The molecule has 1 aromatic carbocycles. The molecule has 0 spiro atoms. The van der Waals surface area contributed by atoms with Gasteiger partial charge in [0.25, 0.3) is 5.91 Å². The molecule has 1 unspecified atom stereocenters. The molecule has 7 nitrogen and oxygen atoms in total. The van der Waals surface area contributed by atoms with Crippen molar-refractivity contribution in [3.63, 3.8) is 0 Å². The SMILES string of the molecule is COCCN(C(=O)c1cc(C)cc(C(=O)O)c1)C1CCS(=O)(=O)C1. The molecule has 1 aromatic rings. The number of nitrogens with zero attached hydrogens (tertiary/aromatic N) is 1. The van der Waals surface area contributed by atoms with E-state index in [1.807, 2.05) is 0 Å². The number of carbonyl (C=O) groups excluding carboxylic acids is 1. The van der Waals surface area contributed by atoms with Crippen molar-refractivity contribution in [1.29, 1.82) is 0 Å². The number of carboxylic acid groups (broad SMARTS) is 1. The second-order valence-corrected chi connectivity index (χ2v) is 8.17. The summed E-state index contributed by atoms with van der Waals surface area (Å²) in [4.78, 5) is 25.5. The molecule has 0 saturated carbocycles. The number of carboxylic acids is 1. The van der Waals surface area contributed by atoms with Crippen molar-refractivity contribution in [3.05, 3.63) is 34.9 Å².